The molecule has 0 saturated carbocycles. The van der Waals surface area contributed by atoms with Gasteiger partial charge in [0.15, 0.2) is 10.9 Å². The van der Waals surface area contributed by atoms with Gasteiger partial charge in [-0.1, -0.05) is 38.1 Å². The fourth-order valence-corrected chi connectivity index (χ4v) is 4.37. The fraction of sp³-hybridized carbons (Fsp3) is 0.318. The molecule has 0 aromatic heterocycles. The van der Waals surface area contributed by atoms with E-state index in [0.717, 1.165) is 0 Å². The number of anilines is 1. The number of ether oxygens (including phenoxy) is 1. The Kier molecular flexibility index (Phi) is 7.67. The molecule has 1 fully saturated rings. The van der Waals surface area contributed by atoms with E-state index >= 15 is 0 Å². The molecule has 0 spiro atoms. The van der Waals surface area contributed by atoms with E-state index in [0.29, 0.717) is 37.4 Å². The van der Waals surface area contributed by atoms with Crippen LogP contribution in [0.15, 0.2) is 60.0 Å². The van der Waals surface area contributed by atoms with Crippen LogP contribution in [0.25, 0.3) is 0 Å². The molecule has 0 atom stereocenters. The van der Waals surface area contributed by atoms with E-state index in [9.17, 15) is 22.6 Å². The van der Waals surface area contributed by atoms with Gasteiger partial charge in [0.1, 0.15) is 21.6 Å². The summed E-state index contributed by atoms with van der Waals surface area (Å²) in [6.45, 7) is 4.64. The van der Waals surface area contributed by atoms with Crippen molar-refractivity contribution >= 4 is 45.0 Å². The first-order chi connectivity index (χ1) is 15.7. The molecule has 2 aliphatic rings. The van der Waals surface area contributed by atoms with Gasteiger partial charge in [-0.15, -0.1) is 0 Å². The van der Waals surface area contributed by atoms with Crippen LogP contribution in [0.4, 0.5) is 5.69 Å². The van der Waals surface area contributed by atoms with E-state index in [1.807, 2.05) is 13.8 Å². The first kappa shape index (κ1) is 24.6. The maximum atomic E-state index is 12.8. The van der Waals surface area contributed by atoms with Crippen LogP contribution in [-0.4, -0.2) is 58.7 Å². The monoisotopic (exact) mass is 490 g/mol. The zero-order valence-corrected chi connectivity index (χ0v) is 19.9. The summed E-state index contributed by atoms with van der Waals surface area (Å²) < 4.78 is 39.7. The number of amides is 2. The second kappa shape index (κ2) is 10.3. The highest BCUT2D eigenvalue weighted by molar-refractivity contribution is 7.85. The molecule has 2 heterocycles. The number of hydrogen-bond donors (Lipinski definition) is 0. The highest BCUT2D eigenvalue weighted by Crippen LogP contribution is 2.38. The number of carbonyl (C=O) groups excluding carboxylic acids is 2. The highest BCUT2D eigenvalue weighted by atomic mass is 32.2. The number of thiocarbonyl (C=S) groups is 1. The summed E-state index contributed by atoms with van der Waals surface area (Å²) >= 11 is 5.34. The number of carbonyl (C=O) groups is 2. The van der Waals surface area contributed by atoms with Gasteiger partial charge in [-0.05, 0) is 49.3 Å². The third-order valence-electron chi connectivity index (χ3n) is 4.84. The lowest BCUT2D eigenvalue weighted by Crippen LogP contribution is -2.56. The number of benzene rings is 1. The average molecular weight is 491 g/mol. The van der Waals surface area contributed by atoms with Crippen molar-refractivity contribution in [2.45, 2.75) is 26.7 Å². The lowest BCUT2D eigenvalue weighted by atomic mass is 10.1. The quantitative estimate of drug-likeness (QED) is 0.237. The standard InChI is InChI=1S/C22H25N3O6S2/c1-3-13-23-20(26)16(21(27)24(14-4-2)22(23)32)9-5-8-12-19-25(15-33(28,29)30)17-10-6-7-11-18(17)31-19/h5-12H,3-4,13-15H2,1-2H3,(H,28,29,30)/p-1. The number of nitrogens with zero attached hydrogens (tertiary/aromatic N) is 3. The van der Waals surface area contributed by atoms with Crippen molar-refractivity contribution < 1.29 is 27.3 Å². The molecule has 176 valence electrons. The van der Waals surface area contributed by atoms with Crippen LogP contribution in [0.1, 0.15) is 26.7 Å². The smallest absolute Gasteiger partial charge is 0.265 e. The maximum absolute atomic E-state index is 12.8. The van der Waals surface area contributed by atoms with Crippen molar-refractivity contribution in [3.8, 4) is 5.75 Å². The minimum absolute atomic E-state index is 0.0187. The van der Waals surface area contributed by atoms with Gasteiger partial charge in [-0.3, -0.25) is 24.3 Å². The Labute approximate surface area is 198 Å². The van der Waals surface area contributed by atoms with Crippen LogP contribution in [-0.2, 0) is 19.7 Å². The fourth-order valence-electron chi connectivity index (χ4n) is 3.44. The van der Waals surface area contributed by atoms with Gasteiger partial charge < -0.3 is 9.29 Å². The minimum Gasteiger partial charge on any atom is -0.747 e. The van der Waals surface area contributed by atoms with E-state index in [1.54, 1.807) is 24.3 Å². The molecule has 0 bridgehead atoms. The van der Waals surface area contributed by atoms with Crippen LogP contribution < -0.4 is 9.64 Å². The van der Waals surface area contributed by atoms with Gasteiger partial charge in [-0.2, -0.15) is 0 Å². The van der Waals surface area contributed by atoms with Crippen molar-refractivity contribution in [1.29, 1.82) is 0 Å². The highest BCUT2D eigenvalue weighted by Gasteiger charge is 2.38. The van der Waals surface area contributed by atoms with Crippen LogP contribution >= 0.6 is 12.2 Å². The summed E-state index contributed by atoms with van der Waals surface area (Å²) in [4.78, 5) is 29.7. The average Bonchev–Trinajstić information content (AvgIpc) is 3.09. The maximum Gasteiger partial charge on any atom is 0.265 e. The SMILES string of the molecule is CCCN1C(=O)C(=CC=CC=C2Oc3ccccc3N2CS(=O)(=O)[O-])C(=O)N(CCC)C1=S. The third-order valence-corrected chi connectivity index (χ3v) is 5.86. The van der Waals surface area contributed by atoms with E-state index in [-0.39, 0.29) is 16.6 Å². The van der Waals surface area contributed by atoms with Crippen molar-refractivity contribution in [3.05, 3.63) is 60.0 Å². The molecule has 33 heavy (non-hydrogen) atoms. The Hall–Kier alpha value is -3.02. The topological polar surface area (TPSA) is 110 Å². The van der Waals surface area contributed by atoms with Gasteiger partial charge in [0.2, 0.25) is 5.88 Å². The molecule has 0 N–H and O–H groups in total. The van der Waals surface area contributed by atoms with Crippen molar-refractivity contribution in [1.82, 2.24) is 9.80 Å². The van der Waals surface area contributed by atoms with Gasteiger partial charge in [0.25, 0.3) is 11.8 Å². The Morgan fingerprint density at radius 3 is 2.12 bits per heavy atom. The number of hydrogen-bond acceptors (Lipinski definition) is 8. The van der Waals surface area contributed by atoms with Crippen LogP contribution in [0.5, 0.6) is 5.75 Å². The van der Waals surface area contributed by atoms with E-state index < -0.39 is 27.8 Å². The Balaban J connectivity index is 1.87. The lowest BCUT2D eigenvalue weighted by molar-refractivity contribution is -0.133. The van der Waals surface area contributed by atoms with Crippen LogP contribution in [0, 0.1) is 0 Å². The molecule has 2 aliphatic heterocycles. The Morgan fingerprint density at radius 2 is 1.55 bits per heavy atom. The molecule has 3 rings (SSSR count). The number of allylic oxidation sites excluding steroid dienone is 4. The molecule has 1 saturated heterocycles. The summed E-state index contributed by atoms with van der Waals surface area (Å²) in [5, 5.41) is 0.212. The third kappa shape index (κ3) is 5.49. The molecule has 0 aliphatic carbocycles. The number of fused-ring (bicyclic) bond motifs is 1. The molecular formula is C22H24N3O6S2-. The first-order valence-corrected chi connectivity index (χ1v) is 12.4. The normalized spacial score (nSPS) is 17.9. The number of para-hydroxylation sites is 2. The zero-order chi connectivity index (χ0) is 24.2. The van der Waals surface area contributed by atoms with Crippen molar-refractivity contribution in [2.75, 3.05) is 23.9 Å². The minimum atomic E-state index is -4.57. The lowest BCUT2D eigenvalue weighted by Gasteiger charge is -2.36. The van der Waals surface area contributed by atoms with Gasteiger partial charge >= 0.3 is 0 Å². The summed E-state index contributed by atoms with van der Waals surface area (Å²) in [6.07, 6.45) is 7.21. The van der Waals surface area contributed by atoms with Crippen LogP contribution in [0.3, 0.4) is 0 Å². The zero-order valence-electron chi connectivity index (χ0n) is 18.3. The first-order valence-electron chi connectivity index (χ1n) is 10.4. The largest absolute Gasteiger partial charge is 0.747 e. The van der Waals surface area contributed by atoms with Crippen LogP contribution in [0.2, 0.25) is 0 Å². The van der Waals surface area contributed by atoms with Gasteiger partial charge in [0.05, 0.1) is 5.69 Å². The van der Waals surface area contributed by atoms with Gasteiger partial charge in [-0.25, -0.2) is 8.42 Å². The molecular weight excluding hydrogens is 466 g/mol. The second-order valence-electron chi connectivity index (χ2n) is 7.35. The van der Waals surface area contributed by atoms with Crippen molar-refractivity contribution in [3.63, 3.8) is 0 Å². The van der Waals surface area contributed by atoms with E-state index in [2.05, 4.69) is 0 Å². The van der Waals surface area contributed by atoms with E-state index in [1.165, 1.54) is 39.0 Å². The van der Waals surface area contributed by atoms with Gasteiger partial charge in [0, 0.05) is 13.1 Å². The molecule has 1 aromatic rings. The molecule has 1 aromatic carbocycles. The molecule has 9 nitrogen and oxygen atoms in total. The molecule has 0 radical (unpaired) electrons. The number of rotatable bonds is 8. The summed E-state index contributed by atoms with van der Waals surface area (Å²) in [7, 11) is -4.57. The predicted octanol–water partition coefficient (Wildman–Crippen LogP) is 2.49. The summed E-state index contributed by atoms with van der Waals surface area (Å²) in [5.41, 5.74) is 0.432. The molecule has 2 amide bonds. The summed E-state index contributed by atoms with van der Waals surface area (Å²) in [5.74, 6) is -1.17. The Bertz CT molecular complexity index is 1130. The summed E-state index contributed by atoms with van der Waals surface area (Å²) in [6, 6.07) is 6.71. The molecule has 11 heteroatoms. The molecule has 0 unspecified atom stereocenters. The van der Waals surface area contributed by atoms with E-state index in [4.69, 9.17) is 17.0 Å². The van der Waals surface area contributed by atoms with Crippen molar-refractivity contribution in [2.24, 2.45) is 0 Å². The predicted molar refractivity (Wildman–Crippen MR) is 126 cm³/mol. The second-order valence-corrected chi connectivity index (χ2v) is 9.09. The Morgan fingerprint density at radius 1 is 0.970 bits per heavy atom.